The predicted octanol–water partition coefficient (Wildman–Crippen LogP) is 2.24. The van der Waals surface area contributed by atoms with E-state index >= 15 is 0 Å². The highest BCUT2D eigenvalue weighted by Gasteiger charge is 1.95. The molecule has 0 spiro atoms. The highest BCUT2D eigenvalue weighted by Crippen LogP contribution is 2.02. The number of rotatable bonds is 3. The van der Waals surface area contributed by atoms with Crippen molar-refractivity contribution in [3.63, 3.8) is 0 Å². The summed E-state index contributed by atoms with van der Waals surface area (Å²) >= 11 is 0. The SMILES string of the molecule is Cc1cn(CCC(C)C)cn1. The lowest BCUT2D eigenvalue weighted by atomic mass is 10.1. The summed E-state index contributed by atoms with van der Waals surface area (Å²) in [7, 11) is 0. The van der Waals surface area contributed by atoms with Crippen LogP contribution < -0.4 is 0 Å². The highest BCUT2D eigenvalue weighted by molar-refractivity contribution is 4.91. The Morgan fingerprint density at radius 1 is 1.55 bits per heavy atom. The van der Waals surface area contributed by atoms with E-state index < -0.39 is 0 Å². The second-order valence-corrected chi connectivity index (χ2v) is 3.44. The van der Waals surface area contributed by atoms with Crippen LogP contribution in [0.25, 0.3) is 0 Å². The molecule has 1 heterocycles. The second-order valence-electron chi connectivity index (χ2n) is 3.44. The zero-order valence-electron chi connectivity index (χ0n) is 7.54. The maximum atomic E-state index is 4.16. The van der Waals surface area contributed by atoms with Gasteiger partial charge in [-0.15, -0.1) is 0 Å². The van der Waals surface area contributed by atoms with E-state index in [4.69, 9.17) is 0 Å². The lowest BCUT2D eigenvalue weighted by molar-refractivity contribution is 0.516. The lowest BCUT2D eigenvalue weighted by Crippen LogP contribution is -1.98. The molecule has 11 heavy (non-hydrogen) atoms. The van der Waals surface area contributed by atoms with Crippen LogP contribution in [0.1, 0.15) is 26.0 Å². The number of nitrogens with zero attached hydrogens (tertiary/aromatic N) is 2. The molecule has 0 fully saturated rings. The van der Waals surface area contributed by atoms with Gasteiger partial charge in [0, 0.05) is 12.7 Å². The van der Waals surface area contributed by atoms with E-state index in [0.29, 0.717) is 0 Å². The maximum absolute atomic E-state index is 4.16. The van der Waals surface area contributed by atoms with Crippen LogP contribution in [0.15, 0.2) is 12.5 Å². The van der Waals surface area contributed by atoms with Crippen molar-refractivity contribution in [1.29, 1.82) is 0 Å². The van der Waals surface area contributed by atoms with Crippen molar-refractivity contribution in [2.24, 2.45) is 5.92 Å². The average Bonchev–Trinajstić information content (AvgIpc) is 2.31. The molecular weight excluding hydrogens is 136 g/mol. The molecule has 0 N–H and O–H groups in total. The maximum Gasteiger partial charge on any atom is 0.0949 e. The fraction of sp³-hybridized carbons (Fsp3) is 0.667. The van der Waals surface area contributed by atoms with E-state index in [9.17, 15) is 0 Å². The van der Waals surface area contributed by atoms with Crippen molar-refractivity contribution in [2.75, 3.05) is 0 Å². The summed E-state index contributed by atoms with van der Waals surface area (Å²) < 4.78 is 2.15. The first-order valence-electron chi connectivity index (χ1n) is 4.17. The standard InChI is InChI=1S/C9H16N2/c1-8(2)4-5-11-6-9(3)10-7-11/h6-8H,4-5H2,1-3H3. The van der Waals surface area contributed by atoms with E-state index in [-0.39, 0.29) is 0 Å². The number of hydrogen-bond acceptors (Lipinski definition) is 1. The highest BCUT2D eigenvalue weighted by atomic mass is 15.0. The zero-order valence-corrected chi connectivity index (χ0v) is 7.54. The van der Waals surface area contributed by atoms with Crippen molar-refractivity contribution in [3.8, 4) is 0 Å². The molecule has 0 atom stereocenters. The monoisotopic (exact) mass is 152 g/mol. The normalized spacial score (nSPS) is 10.9. The first-order chi connectivity index (χ1) is 5.18. The second kappa shape index (κ2) is 3.56. The van der Waals surface area contributed by atoms with Crippen LogP contribution in [0.3, 0.4) is 0 Å². The van der Waals surface area contributed by atoms with Crippen LogP contribution in [-0.4, -0.2) is 9.55 Å². The summed E-state index contributed by atoms with van der Waals surface area (Å²) in [6.07, 6.45) is 5.22. The van der Waals surface area contributed by atoms with Crippen molar-refractivity contribution < 1.29 is 0 Å². The quantitative estimate of drug-likeness (QED) is 0.649. The molecule has 0 saturated carbocycles. The van der Waals surface area contributed by atoms with E-state index in [0.717, 1.165) is 18.2 Å². The smallest absolute Gasteiger partial charge is 0.0949 e. The third-order valence-electron chi connectivity index (χ3n) is 1.73. The fourth-order valence-electron chi connectivity index (χ4n) is 1.00. The van der Waals surface area contributed by atoms with Gasteiger partial charge in [0.25, 0.3) is 0 Å². The lowest BCUT2D eigenvalue weighted by Gasteiger charge is -2.03. The molecule has 2 heteroatoms. The summed E-state index contributed by atoms with van der Waals surface area (Å²) in [6, 6.07) is 0. The Morgan fingerprint density at radius 3 is 2.73 bits per heavy atom. The summed E-state index contributed by atoms with van der Waals surface area (Å²) in [5, 5.41) is 0. The molecule has 0 unspecified atom stereocenters. The third kappa shape index (κ3) is 2.74. The molecule has 1 aromatic rings. The molecule has 0 aliphatic rings. The molecule has 2 nitrogen and oxygen atoms in total. The average molecular weight is 152 g/mol. The summed E-state index contributed by atoms with van der Waals surface area (Å²) in [5.41, 5.74) is 1.11. The summed E-state index contributed by atoms with van der Waals surface area (Å²) in [4.78, 5) is 4.16. The molecule has 0 aliphatic carbocycles. The van der Waals surface area contributed by atoms with Gasteiger partial charge in [-0.05, 0) is 19.3 Å². The van der Waals surface area contributed by atoms with Crippen LogP contribution in [0.5, 0.6) is 0 Å². The van der Waals surface area contributed by atoms with E-state index in [2.05, 4.69) is 29.6 Å². The van der Waals surface area contributed by atoms with Gasteiger partial charge in [0.15, 0.2) is 0 Å². The molecule has 1 rings (SSSR count). The topological polar surface area (TPSA) is 17.8 Å². The number of imidazole rings is 1. The van der Waals surface area contributed by atoms with Gasteiger partial charge >= 0.3 is 0 Å². The minimum atomic E-state index is 0.776. The van der Waals surface area contributed by atoms with Crippen molar-refractivity contribution in [3.05, 3.63) is 18.2 Å². The first kappa shape index (κ1) is 8.31. The Morgan fingerprint density at radius 2 is 2.27 bits per heavy atom. The molecule has 0 radical (unpaired) electrons. The number of aryl methyl sites for hydroxylation is 2. The molecule has 0 aromatic carbocycles. The van der Waals surface area contributed by atoms with Gasteiger partial charge in [-0.1, -0.05) is 13.8 Å². The minimum Gasteiger partial charge on any atom is -0.337 e. The molecule has 0 aliphatic heterocycles. The first-order valence-corrected chi connectivity index (χ1v) is 4.17. The van der Waals surface area contributed by atoms with Gasteiger partial charge in [-0.25, -0.2) is 4.98 Å². The predicted molar refractivity (Wildman–Crippen MR) is 46.4 cm³/mol. The van der Waals surface area contributed by atoms with Crippen molar-refractivity contribution in [1.82, 2.24) is 9.55 Å². The van der Waals surface area contributed by atoms with Gasteiger partial charge in [0.05, 0.1) is 12.0 Å². The van der Waals surface area contributed by atoms with Crippen LogP contribution in [0, 0.1) is 12.8 Å². The fourth-order valence-corrected chi connectivity index (χ4v) is 1.00. The Balaban J connectivity index is 2.39. The molecule has 0 bridgehead atoms. The number of aromatic nitrogens is 2. The Hall–Kier alpha value is -0.790. The molecule has 1 aromatic heterocycles. The van der Waals surface area contributed by atoms with Gasteiger partial charge in [0.1, 0.15) is 0 Å². The van der Waals surface area contributed by atoms with E-state index in [1.807, 2.05) is 13.3 Å². The van der Waals surface area contributed by atoms with E-state index in [1.165, 1.54) is 6.42 Å². The van der Waals surface area contributed by atoms with Gasteiger partial charge < -0.3 is 4.57 Å². The van der Waals surface area contributed by atoms with Crippen molar-refractivity contribution >= 4 is 0 Å². The largest absolute Gasteiger partial charge is 0.337 e. The Kier molecular flexibility index (Phi) is 2.69. The number of hydrogen-bond donors (Lipinski definition) is 0. The van der Waals surface area contributed by atoms with Gasteiger partial charge in [-0.2, -0.15) is 0 Å². The third-order valence-corrected chi connectivity index (χ3v) is 1.73. The zero-order chi connectivity index (χ0) is 8.27. The molecule has 0 saturated heterocycles. The van der Waals surface area contributed by atoms with Crippen LogP contribution in [0.2, 0.25) is 0 Å². The van der Waals surface area contributed by atoms with Gasteiger partial charge in [0.2, 0.25) is 0 Å². The molecule has 62 valence electrons. The van der Waals surface area contributed by atoms with E-state index in [1.54, 1.807) is 0 Å². The van der Waals surface area contributed by atoms with Crippen LogP contribution >= 0.6 is 0 Å². The Bertz CT molecular complexity index is 213. The van der Waals surface area contributed by atoms with Gasteiger partial charge in [-0.3, -0.25) is 0 Å². The van der Waals surface area contributed by atoms with Crippen molar-refractivity contribution in [2.45, 2.75) is 33.7 Å². The Labute approximate surface area is 68.3 Å². The molecule has 0 amide bonds. The summed E-state index contributed by atoms with van der Waals surface area (Å²) in [5.74, 6) is 0.776. The summed E-state index contributed by atoms with van der Waals surface area (Å²) in [6.45, 7) is 7.60. The molecular formula is C9H16N2. The van der Waals surface area contributed by atoms with Crippen LogP contribution in [-0.2, 0) is 6.54 Å². The minimum absolute atomic E-state index is 0.776. The van der Waals surface area contributed by atoms with Crippen LogP contribution in [0.4, 0.5) is 0 Å².